The molecule has 1 fully saturated rings. The third-order valence-electron chi connectivity index (χ3n) is 4.75. The zero-order valence-corrected chi connectivity index (χ0v) is 14.0. The summed E-state index contributed by atoms with van der Waals surface area (Å²) in [5, 5.41) is 4.49. The molecule has 1 aliphatic heterocycles. The molecule has 0 saturated carbocycles. The van der Waals surface area contributed by atoms with Gasteiger partial charge in [0.15, 0.2) is 0 Å². The maximum atomic E-state index is 6.08. The summed E-state index contributed by atoms with van der Waals surface area (Å²) in [5.41, 5.74) is 2.66. The number of para-hydroxylation sites is 1. The molecule has 0 bridgehead atoms. The van der Waals surface area contributed by atoms with E-state index in [9.17, 15) is 0 Å². The number of hydrogen-bond donors (Lipinski definition) is 0. The van der Waals surface area contributed by atoms with E-state index in [2.05, 4.69) is 57.9 Å². The largest absolute Gasteiger partial charge is 0.498 e. The standard InChI is InChI=1S/C17H23BN2O2/c1-6-13-9-7-8-10-15(13)20-12-14(11-19-20)18-21-16(2,3)17(4,5)22-18/h7-12H,6H2,1-5H3. The van der Waals surface area contributed by atoms with Crippen LogP contribution in [0.1, 0.15) is 40.2 Å². The van der Waals surface area contributed by atoms with E-state index in [1.54, 1.807) is 0 Å². The molecule has 0 aliphatic carbocycles. The smallest absolute Gasteiger partial charge is 0.399 e. The zero-order valence-electron chi connectivity index (χ0n) is 14.0. The molecule has 2 heterocycles. The molecule has 1 aromatic heterocycles. The highest BCUT2D eigenvalue weighted by Crippen LogP contribution is 2.36. The summed E-state index contributed by atoms with van der Waals surface area (Å²) in [6.45, 7) is 10.4. The molecule has 0 atom stereocenters. The lowest BCUT2D eigenvalue weighted by Crippen LogP contribution is -2.41. The predicted octanol–water partition coefficient (Wildman–Crippen LogP) is 2.73. The van der Waals surface area contributed by atoms with Gasteiger partial charge in [-0.05, 0) is 45.7 Å². The molecule has 0 N–H and O–H groups in total. The summed E-state index contributed by atoms with van der Waals surface area (Å²) < 4.78 is 14.1. The van der Waals surface area contributed by atoms with Gasteiger partial charge in [0.05, 0.1) is 16.9 Å². The first-order valence-electron chi connectivity index (χ1n) is 7.82. The van der Waals surface area contributed by atoms with Crippen LogP contribution >= 0.6 is 0 Å². The Kier molecular flexibility index (Phi) is 3.65. The van der Waals surface area contributed by atoms with Gasteiger partial charge in [0.25, 0.3) is 0 Å². The monoisotopic (exact) mass is 298 g/mol. The first-order chi connectivity index (χ1) is 10.3. The lowest BCUT2D eigenvalue weighted by molar-refractivity contribution is 0.00578. The van der Waals surface area contributed by atoms with Gasteiger partial charge in [-0.2, -0.15) is 5.10 Å². The molecule has 1 saturated heterocycles. The van der Waals surface area contributed by atoms with Crippen LogP contribution in [0.5, 0.6) is 0 Å². The quantitative estimate of drug-likeness (QED) is 0.818. The molecule has 2 aromatic rings. The third-order valence-corrected chi connectivity index (χ3v) is 4.75. The second-order valence-corrected chi connectivity index (χ2v) is 6.79. The SMILES string of the molecule is CCc1ccccc1-n1cc(B2OC(C)(C)C(C)(C)O2)cn1. The fraction of sp³-hybridized carbons (Fsp3) is 0.471. The highest BCUT2D eigenvalue weighted by atomic mass is 16.7. The van der Waals surface area contributed by atoms with Gasteiger partial charge in [0.2, 0.25) is 0 Å². The molecule has 4 nitrogen and oxygen atoms in total. The van der Waals surface area contributed by atoms with Crippen molar-refractivity contribution in [3.8, 4) is 5.69 Å². The van der Waals surface area contributed by atoms with Gasteiger partial charge >= 0.3 is 7.12 Å². The fourth-order valence-corrected chi connectivity index (χ4v) is 2.60. The molecule has 1 aliphatic rings. The minimum Gasteiger partial charge on any atom is -0.399 e. The van der Waals surface area contributed by atoms with Crippen molar-refractivity contribution >= 4 is 12.6 Å². The van der Waals surface area contributed by atoms with Crippen molar-refractivity contribution in [3.63, 3.8) is 0 Å². The van der Waals surface area contributed by atoms with Crippen molar-refractivity contribution in [2.75, 3.05) is 0 Å². The predicted molar refractivity (Wildman–Crippen MR) is 88.7 cm³/mol. The van der Waals surface area contributed by atoms with Gasteiger partial charge in [-0.25, -0.2) is 4.68 Å². The van der Waals surface area contributed by atoms with Crippen LogP contribution in [-0.2, 0) is 15.7 Å². The van der Waals surface area contributed by atoms with Crippen molar-refractivity contribution in [1.29, 1.82) is 0 Å². The summed E-state index contributed by atoms with van der Waals surface area (Å²) in [7, 11) is -0.368. The van der Waals surface area contributed by atoms with Crippen molar-refractivity contribution in [1.82, 2.24) is 9.78 Å². The van der Waals surface area contributed by atoms with Crippen LogP contribution in [0.3, 0.4) is 0 Å². The van der Waals surface area contributed by atoms with E-state index in [1.807, 2.05) is 23.1 Å². The number of nitrogens with zero attached hydrogens (tertiary/aromatic N) is 2. The molecule has 22 heavy (non-hydrogen) atoms. The average Bonchev–Trinajstić information content (AvgIpc) is 3.02. The summed E-state index contributed by atoms with van der Waals surface area (Å²) >= 11 is 0. The van der Waals surface area contributed by atoms with Crippen LogP contribution in [-0.4, -0.2) is 28.1 Å². The number of hydrogen-bond acceptors (Lipinski definition) is 3. The molecule has 5 heteroatoms. The molecule has 0 amide bonds. The molecule has 0 spiro atoms. The van der Waals surface area contributed by atoms with Crippen LogP contribution in [0.4, 0.5) is 0 Å². The Morgan fingerprint density at radius 1 is 1.09 bits per heavy atom. The van der Waals surface area contributed by atoms with E-state index >= 15 is 0 Å². The lowest BCUT2D eigenvalue weighted by Gasteiger charge is -2.32. The van der Waals surface area contributed by atoms with Crippen molar-refractivity contribution in [3.05, 3.63) is 42.2 Å². The Hall–Kier alpha value is -1.59. The normalized spacial score (nSPS) is 19.6. The second-order valence-electron chi connectivity index (χ2n) is 6.79. The van der Waals surface area contributed by atoms with Gasteiger partial charge in [-0.15, -0.1) is 0 Å². The fourth-order valence-electron chi connectivity index (χ4n) is 2.60. The highest BCUT2D eigenvalue weighted by Gasteiger charge is 2.52. The zero-order chi connectivity index (χ0) is 16.0. The van der Waals surface area contributed by atoms with Crippen LogP contribution < -0.4 is 5.46 Å². The van der Waals surface area contributed by atoms with Gasteiger partial charge < -0.3 is 9.31 Å². The molecule has 116 valence electrons. The molecule has 0 unspecified atom stereocenters. The number of aryl methyl sites for hydroxylation is 1. The minimum atomic E-state index is -0.368. The van der Waals surface area contributed by atoms with Gasteiger partial charge in [-0.1, -0.05) is 25.1 Å². The Morgan fingerprint density at radius 2 is 1.73 bits per heavy atom. The Balaban J connectivity index is 1.89. The summed E-state index contributed by atoms with van der Waals surface area (Å²) in [6.07, 6.45) is 4.80. The Morgan fingerprint density at radius 3 is 2.36 bits per heavy atom. The second kappa shape index (κ2) is 5.25. The lowest BCUT2D eigenvalue weighted by atomic mass is 9.82. The van der Waals surface area contributed by atoms with Gasteiger partial charge in [0, 0.05) is 17.9 Å². The van der Waals surface area contributed by atoms with Crippen molar-refractivity contribution in [2.45, 2.75) is 52.2 Å². The molecule has 1 aromatic carbocycles. The number of benzene rings is 1. The van der Waals surface area contributed by atoms with Crippen LogP contribution in [0.25, 0.3) is 5.69 Å². The Bertz CT molecular complexity index is 663. The number of rotatable bonds is 3. The molecular formula is C17H23BN2O2. The van der Waals surface area contributed by atoms with Crippen molar-refractivity contribution < 1.29 is 9.31 Å². The van der Waals surface area contributed by atoms with E-state index < -0.39 is 0 Å². The highest BCUT2D eigenvalue weighted by molar-refractivity contribution is 6.62. The van der Waals surface area contributed by atoms with Gasteiger partial charge in [0.1, 0.15) is 0 Å². The van der Waals surface area contributed by atoms with Gasteiger partial charge in [-0.3, -0.25) is 0 Å². The van der Waals surface area contributed by atoms with Crippen molar-refractivity contribution in [2.24, 2.45) is 0 Å². The molecular weight excluding hydrogens is 275 g/mol. The van der Waals surface area contributed by atoms with Crippen LogP contribution in [0.15, 0.2) is 36.7 Å². The summed E-state index contributed by atoms with van der Waals surface area (Å²) in [5.74, 6) is 0. The van der Waals surface area contributed by atoms with Crippen LogP contribution in [0.2, 0.25) is 0 Å². The summed E-state index contributed by atoms with van der Waals surface area (Å²) in [6, 6.07) is 8.30. The summed E-state index contributed by atoms with van der Waals surface area (Å²) in [4.78, 5) is 0. The molecule has 0 radical (unpaired) electrons. The van der Waals surface area contributed by atoms with E-state index in [1.165, 1.54) is 5.56 Å². The third kappa shape index (κ3) is 2.48. The minimum absolute atomic E-state index is 0.332. The van der Waals surface area contributed by atoms with E-state index in [0.29, 0.717) is 0 Å². The molecule has 3 rings (SSSR count). The average molecular weight is 298 g/mol. The Labute approximate surface area is 132 Å². The topological polar surface area (TPSA) is 36.3 Å². The van der Waals surface area contributed by atoms with E-state index in [0.717, 1.165) is 17.6 Å². The number of aromatic nitrogens is 2. The van der Waals surface area contributed by atoms with E-state index in [4.69, 9.17) is 9.31 Å². The maximum absolute atomic E-state index is 6.08. The van der Waals surface area contributed by atoms with Crippen LogP contribution in [0, 0.1) is 0 Å². The first kappa shape index (κ1) is 15.3. The maximum Gasteiger partial charge on any atom is 0.498 e. The first-order valence-corrected chi connectivity index (χ1v) is 7.82. The van der Waals surface area contributed by atoms with E-state index in [-0.39, 0.29) is 18.3 Å².